The summed E-state index contributed by atoms with van der Waals surface area (Å²) in [6.45, 7) is 6.26. The van der Waals surface area contributed by atoms with Crippen LogP contribution in [0, 0.1) is 12.3 Å². The van der Waals surface area contributed by atoms with Gasteiger partial charge in [0, 0.05) is 0 Å². The molecular weight excluding hydrogens is 216 g/mol. The Morgan fingerprint density at radius 2 is 2.10 bits per heavy atom. The van der Waals surface area contributed by atoms with Crippen molar-refractivity contribution in [1.29, 1.82) is 0 Å². The topological polar surface area (TPSA) is 12.9 Å². The maximum absolute atomic E-state index is 4.27. The summed E-state index contributed by atoms with van der Waals surface area (Å²) in [7, 11) is 0. The number of hydrogen-bond acceptors (Lipinski definition) is 2. The first kappa shape index (κ1) is 11.4. The Hall–Kier alpha value is 1.44. The molecule has 0 aliphatic heterocycles. The zero-order chi connectivity index (χ0) is 6.85. The maximum Gasteiger partial charge on any atom is 1.00 e. The summed E-state index contributed by atoms with van der Waals surface area (Å²) in [4.78, 5) is 4.27. The van der Waals surface area contributed by atoms with Gasteiger partial charge in [-0.05, 0) is 6.92 Å². The fourth-order valence-electron chi connectivity index (χ4n) is 0.584. The van der Waals surface area contributed by atoms with E-state index >= 15 is 0 Å². The van der Waals surface area contributed by atoms with Crippen LogP contribution in [0.2, 0.25) is 0 Å². The first-order valence-corrected chi connectivity index (χ1v) is 3.87. The fraction of sp³-hybridized carbons (Fsp3) is 0.571. The van der Waals surface area contributed by atoms with Crippen molar-refractivity contribution in [3.8, 4) is 0 Å². The van der Waals surface area contributed by atoms with Crippen LogP contribution in [-0.2, 0) is 0 Å². The van der Waals surface area contributed by atoms with Crippen LogP contribution < -0.4 is 58.2 Å². The molecule has 0 saturated heterocycles. The first-order valence-electron chi connectivity index (χ1n) is 3.05. The Labute approximate surface area is 115 Å². The molecule has 0 unspecified atom stereocenters. The minimum absolute atomic E-state index is 0. The third-order valence-electron chi connectivity index (χ3n) is 1.08. The molecule has 1 rings (SSSR count). The molecule has 3 heteroatoms. The van der Waals surface area contributed by atoms with E-state index in [4.69, 9.17) is 0 Å². The van der Waals surface area contributed by atoms with Crippen molar-refractivity contribution < 1.29 is 58.2 Å². The van der Waals surface area contributed by atoms with Gasteiger partial charge in [0.25, 0.3) is 0 Å². The van der Waals surface area contributed by atoms with E-state index in [0.717, 1.165) is 5.69 Å². The molecule has 0 radical (unpaired) electrons. The summed E-state index contributed by atoms with van der Waals surface area (Å²) in [5, 5.41) is 4.27. The molecule has 1 aromatic heterocycles. The van der Waals surface area contributed by atoms with Gasteiger partial charge in [-0.2, -0.15) is 5.38 Å². The van der Waals surface area contributed by atoms with E-state index in [1.165, 1.54) is 5.01 Å². The Morgan fingerprint density at radius 1 is 1.50 bits per heavy atom. The quantitative estimate of drug-likeness (QED) is 0.581. The van der Waals surface area contributed by atoms with Gasteiger partial charge in [0.1, 0.15) is 0 Å². The molecule has 1 nitrogen and oxygen atoms in total. The van der Waals surface area contributed by atoms with Gasteiger partial charge >= 0.3 is 58.2 Å². The molecule has 0 bridgehead atoms. The number of rotatable bonds is 1. The molecule has 0 N–H and O–H groups in total. The van der Waals surface area contributed by atoms with Crippen molar-refractivity contribution in [2.75, 3.05) is 0 Å². The van der Waals surface area contributed by atoms with Gasteiger partial charge in [0.05, 0.1) is 0 Å². The van der Waals surface area contributed by atoms with Crippen molar-refractivity contribution in [3.63, 3.8) is 0 Å². The number of aryl methyl sites for hydroxylation is 1. The SMILES string of the molecule is Cc1[c-]sc(C(C)C)n1.[Rb+]. The van der Waals surface area contributed by atoms with Crippen molar-refractivity contribution in [2.24, 2.45) is 0 Å². The number of aromatic nitrogens is 1. The molecule has 0 aliphatic rings. The van der Waals surface area contributed by atoms with Crippen molar-refractivity contribution in [2.45, 2.75) is 26.7 Å². The monoisotopic (exact) mass is 225 g/mol. The smallest absolute Gasteiger partial charge is 0.361 e. The summed E-state index contributed by atoms with van der Waals surface area (Å²) >= 11 is 1.62. The molecule has 0 aliphatic carbocycles. The number of hydrogen-bond donors (Lipinski definition) is 0. The summed E-state index contributed by atoms with van der Waals surface area (Å²) in [6.07, 6.45) is 0. The summed E-state index contributed by atoms with van der Waals surface area (Å²) in [6, 6.07) is 0. The van der Waals surface area contributed by atoms with E-state index in [-0.39, 0.29) is 58.2 Å². The largest absolute Gasteiger partial charge is 1.00 e. The van der Waals surface area contributed by atoms with Gasteiger partial charge < -0.3 is 16.3 Å². The maximum atomic E-state index is 4.27. The van der Waals surface area contributed by atoms with Crippen LogP contribution in [0.3, 0.4) is 0 Å². The fourth-order valence-corrected chi connectivity index (χ4v) is 1.30. The number of nitrogens with zero attached hydrogens (tertiary/aromatic N) is 1. The Balaban J connectivity index is 0.000000810. The molecule has 50 valence electrons. The van der Waals surface area contributed by atoms with E-state index < -0.39 is 0 Å². The summed E-state index contributed by atoms with van der Waals surface area (Å²) < 4.78 is 0. The Bertz CT molecular complexity index is 195. The Kier molecular flexibility index (Phi) is 5.89. The minimum Gasteiger partial charge on any atom is -0.361 e. The zero-order valence-electron chi connectivity index (χ0n) is 6.93. The molecule has 0 fully saturated rings. The van der Waals surface area contributed by atoms with E-state index in [2.05, 4.69) is 24.2 Å². The number of thiazole rings is 1. The van der Waals surface area contributed by atoms with Gasteiger partial charge in [-0.1, -0.05) is 30.5 Å². The van der Waals surface area contributed by atoms with Crippen LogP contribution in [0.25, 0.3) is 0 Å². The van der Waals surface area contributed by atoms with Crippen LogP contribution in [0.15, 0.2) is 0 Å². The van der Waals surface area contributed by atoms with Gasteiger partial charge in [-0.15, -0.1) is 0 Å². The average molecular weight is 226 g/mol. The van der Waals surface area contributed by atoms with E-state index in [1.807, 2.05) is 6.92 Å². The third kappa shape index (κ3) is 3.22. The predicted molar refractivity (Wildman–Crippen MR) is 39.8 cm³/mol. The molecule has 0 amide bonds. The second-order valence-corrected chi connectivity index (χ2v) is 3.22. The average Bonchev–Trinajstić information content (AvgIpc) is 2.14. The third-order valence-corrected chi connectivity index (χ3v) is 2.24. The second kappa shape index (κ2) is 5.15. The van der Waals surface area contributed by atoms with Crippen LogP contribution in [0.4, 0.5) is 0 Å². The van der Waals surface area contributed by atoms with Gasteiger partial charge in [-0.3, -0.25) is 0 Å². The van der Waals surface area contributed by atoms with Gasteiger partial charge in [0.15, 0.2) is 0 Å². The summed E-state index contributed by atoms with van der Waals surface area (Å²) in [5.74, 6) is 0.556. The van der Waals surface area contributed by atoms with Gasteiger partial charge in [0.2, 0.25) is 0 Å². The molecular formula is C7H10NRbS. The molecule has 0 aromatic carbocycles. The van der Waals surface area contributed by atoms with Crippen LogP contribution in [0.1, 0.15) is 30.5 Å². The Morgan fingerprint density at radius 3 is 2.30 bits per heavy atom. The predicted octanol–water partition coefficient (Wildman–Crippen LogP) is -0.621. The molecule has 10 heavy (non-hydrogen) atoms. The van der Waals surface area contributed by atoms with E-state index in [9.17, 15) is 0 Å². The van der Waals surface area contributed by atoms with Crippen molar-refractivity contribution >= 4 is 11.3 Å². The molecule has 1 aromatic rings. The van der Waals surface area contributed by atoms with E-state index in [1.54, 1.807) is 11.3 Å². The summed E-state index contributed by atoms with van der Waals surface area (Å²) in [5.41, 5.74) is 1.02. The van der Waals surface area contributed by atoms with Gasteiger partial charge in [-0.25, -0.2) is 0 Å². The minimum atomic E-state index is 0. The zero-order valence-corrected chi connectivity index (χ0v) is 12.7. The molecule has 1 heterocycles. The van der Waals surface area contributed by atoms with Crippen LogP contribution in [-0.4, -0.2) is 4.98 Å². The van der Waals surface area contributed by atoms with Crippen molar-refractivity contribution in [3.05, 3.63) is 16.1 Å². The van der Waals surface area contributed by atoms with E-state index in [0.29, 0.717) is 5.92 Å². The van der Waals surface area contributed by atoms with Crippen molar-refractivity contribution in [1.82, 2.24) is 4.98 Å². The van der Waals surface area contributed by atoms with Crippen LogP contribution in [0.5, 0.6) is 0 Å². The molecule has 0 saturated carbocycles. The normalized spacial score (nSPS) is 9.60. The second-order valence-electron chi connectivity index (χ2n) is 2.39. The van der Waals surface area contributed by atoms with Crippen LogP contribution >= 0.6 is 11.3 Å². The first-order chi connectivity index (χ1) is 4.20. The molecule has 0 spiro atoms. The standard InChI is InChI=1S/C7H10NS.Rb/c1-5(2)7-8-6(3)4-9-7;/h5H,1-3H3;/q-1;+1. The molecule has 0 atom stereocenters.